The summed E-state index contributed by atoms with van der Waals surface area (Å²) >= 11 is 0. The van der Waals surface area contributed by atoms with Gasteiger partial charge in [-0.2, -0.15) is 4.68 Å². The molecule has 1 aromatic heterocycles. The molecule has 0 aliphatic heterocycles. The van der Waals surface area contributed by atoms with Crippen LogP contribution < -0.4 is 0 Å². The Morgan fingerprint density at radius 1 is 1.35 bits per heavy atom. The van der Waals surface area contributed by atoms with Crippen molar-refractivity contribution in [2.24, 2.45) is 0 Å². The van der Waals surface area contributed by atoms with E-state index in [9.17, 15) is 5.11 Å². The van der Waals surface area contributed by atoms with Gasteiger partial charge in [0.1, 0.15) is 0 Å². The van der Waals surface area contributed by atoms with Gasteiger partial charge in [-0.15, -0.1) is 5.10 Å². The van der Waals surface area contributed by atoms with E-state index in [1.165, 1.54) is 0 Å². The summed E-state index contributed by atoms with van der Waals surface area (Å²) in [6.45, 7) is 0.266. The molecule has 90 valence electrons. The number of hydrogen-bond donors (Lipinski definition) is 1. The molecular formula is C11H14N4O2. The molecule has 1 aromatic carbocycles. The minimum atomic E-state index is -0.603. The van der Waals surface area contributed by atoms with Crippen LogP contribution in [0.2, 0.25) is 0 Å². The molecular weight excluding hydrogens is 220 g/mol. The second kappa shape index (κ2) is 5.51. The van der Waals surface area contributed by atoms with E-state index in [0.717, 1.165) is 5.69 Å². The summed E-state index contributed by atoms with van der Waals surface area (Å²) in [6, 6.07) is 9.55. The molecule has 0 bridgehead atoms. The predicted octanol–water partition coefficient (Wildman–Crippen LogP) is 0.212. The highest BCUT2D eigenvalue weighted by molar-refractivity contribution is 5.30. The third kappa shape index (κ3) is 2.86. The average Bonchev–Trinajstić information content (AvgIpc) is 2.78. The average molecular weight is 234 g/mol. The van der Waals surface area contributed by atoms with E-state index >= 15 is 0 Å². The van der Waals surface area contributed by atoms with Gasteiger partial charge in [-0.1, -0.05) is 18.2 Å². The first-order valence-corrected chi connectivity index (χ1v) is 5.31. The SMILES string of the molecule is COCC(O)Cc1nnnn1-c1ccccc1. The van der Waals surface area contributed by atoms with Crippen LogP contribution in [0.3, 0.4) is 0 Å². The molecule has 17 heavy (non-hydrogen) atoms. The predicted molar refractivity (Wildman–Crippen MR) is 60.7 cm³/mol. The fourth-order valence-corrected chi connectivity index (χ4v) is 1.56. The third-order valence-corrected chi connectivity index (χ3v) is 2.31. The van der Waals surface area contributed by atoms with Crippen LogP contribution in [0.15, 0.2) is 30.3 Å². The van der Waals surface area contributed by atoms with Gasteiger partial charge in [-0.25, -0.2) is 0 Å². The zero-order valence-electron chi connectivity index (χ0n) is 9.52. The molecule has 6 heteroatoms. The summed E-state index contributed by atoms with van der Waals surface area (Å²) in [7, 11) is 1.55. The van der Waals surface area contributed by atoms with Gasteiger partial charge in [0.25, 0.3) is 0 Å². The molecule has 2 rings (SSSR count). The molecule has 2 aromatic rings. The van der Waals surface area contributed by atoms with Crippen molar-refractivity contribution in [3.05, 3.63) is 36.2 Å². The Kier molecular flexibility index (Phi) is 3.79. The number of para-hydroxylation sites is 1. The Morgan fingerprint density at radius 3 is 2.82 bits per heavy atom. The van der Waals surface area contributed by atoms with Gasteiger partial charge < -0.3 is 9.84 Å². The second-order valence-corrected chi connectivity index (χ2v) is 3.66. The van der Waals surface area contributed by atoms with Crippen molar-refractivity contribution in [2.45, 2.75) is 12.5 Å². The Labute approximate surface area is 98.8 Å². The van der Waals surface area contributed by atoms with Gasteiger partial charge in [-0.3, -0.25) is 0 Å². The first-order chi connectivity index (χ1) is 8.31. The normalized spacial score (nSPS) is 12.6. The van der Waals surface area contributed by atoms with Crippen LogP contribution in [0.5, 0.6) is 0 Å². The number of benzene rings is 1. The fraction of sp³-hybridized carbons (Fsp3) is 0.364. The van der Waals surface area contributed by atoms with Gasteiger partial charge in [0, 0.05) is 13.5 Å². The summed E-state index contributed by atoms with van der Waals surface area (Å²) in [4.78, 5) is 0. The molecule has 1 atom stereocenters. The number of aliphatic hydroxyl groups is 1. The van der Waals surface area contributed by atoms with E-state index in [0.29, 0.717) is 12.2 Å². The highest BCUT2D eigenvalue weighted by Gasteiger charge is 2.13. The van der Waals surface area contributed by atoms with Crippen molar-refractivity contribution in [1.82, 2.24) is 20.2 Å². The van der Waals surface area contributed by atoms with Crippen molar-refractivity contribution >= 4 is 0 Å². The first-order valence-electron chi connectivity index (χ1n) is 5.31. The Hall–Kier alpha value is -1.79. The molecule has 0 fully saturated rings. The number of nitrogens with zero attached hydrogens (tertiary/aromatic N) is 4. The lowest BCUT2D eigenvalue weighted by molar-refractivity contribution is 0.0634. The van der Waals surface area contributed by atoms with Gasteiger partial charge in [0.15, 0.2) is 5.82 Å². The lowest BCUT2D eigenvalue weighted by atomic mass is 10.2. The van der Waals surface area contributed by atoms with E-state index < -0.39 is 6.10 Å². The molecule has 1 unspecified atom stereocenters. The molecule has 6 nitrogen and oxygen atoms in total. The molecule has 0 aliphatic rings. The molecule has 1 N–H and O–H groups in total. The number of aliphatic hydroxyl groups excluding tert-OH is 1. The first kappa shape index (κ1) is 11.7. The number of rotatable bonds is 5. The van der Waals surface area contributed by atoms with Gasteiger partial charge >= 0.3 is 0 Å². The highest BCUT2D eigenvalue weighted by Crippen LogP contribution is 2.08. The largest absolute Gasteiger partial charge is 0.390 e. The maximum Gasteiger partial charge on any atom is 0.159 e. The molecule has 0 spiro atoms. The van der Waals surface area contributed by atoms with Gasteiger partial charge in [0.05, 0.1) is 18.4 Å². The molecule has 0 aliphatic carbocycles. The number of hydrogen-bond acceptors (Lipinski definition) is 5. The van der Waals surface area contributed by atoms with E-state index in [4.69, 9.17) is 4.74 Å². The Bertz CT molecular complexity index is 458. The zero-order chi connectivity index (χ0) is 12.1. The number of tetrazole rings is 1. The van der Waals surface area contributed by atoms with E-state index in [1.807, 2.05) is 30.3 Å². The fourth-order valence-electron chi connectivity index (χ4n) is 1.56. The van der Waals surface area contributed by atoms with E-state index in [2.05, 4.69) is 15.5 Å². The molecule has 0 amide bonds. The van der Waals surface area contributed by atoms with E-state index in [-0.39, 0.29) is 6.61 Å². The smallest absolute Gasteiger partial charge is 0.159 e. The summed E-state index contributed by atoms with van der Waals surface area (Å²) in [5.41, 5.74) is 0.872. The van der Waals surface area contributed by atoms with Crippen molar-refractivity contribution < 1.29 is 9.84 Å². The van der Waals surface area contributed by atoms with Crippen molar-refractivity contribution in [3.8, 4) is 5.69 Å². The van der Waals surface area contributed by atoms with Crippen LogP contribution in [-0.2, 0) is 11.2 Å². The standard InChI is InChI=1S/C11H14N4O2/c1-17-8-10(16)7-11-12-13-14-15(11)9-5-3-2-4-6-9/h2-6,10,16H,7-8H2,1H3. The number of ether oxygens (including phenoxy) is 1. The summed E-state index contributed by atoms with van der Waals surface area (Å²) in [5.74, 6) is 0.612. The molecule has 0 saturated heterocycles. The number of methoxy groups -OCH3 is 1. The number of aromatic nitrogens is 4. The molecule has 1 heterocycles. The van der Waals surface area contributed by atoms with Crippen molar-refractivity contribution in [3.63, 3.8) is 0 Å². The lowest BCUT2D eigenvalue weighted by Gasteiger charge is -2.09. The van der Waals surface area contributed by atoms with Crippen LogP contribution >= 0.6 is 0 Å². The maximum atomic E-state index is 9.66. The van der Waals surface area contributed by atoms with Crippen LogP contribution in [0.1, 0.15) is 5.82 Å². The highest BCUT2D eigenvalue weighted by atomic mass is 16.5. The van der Waals surface area contributed by atoms with Crippen LogP contribution in [0, 0.1) is 0 Å². The second-order valence-electron chi connectivity index (χ2n) is 3.66. The molecule has 0 saturated carbocycles. The van der Waals surface area contributed by atoms with Crippen LogP contribution in [0.4, 0.5) is 0 Å². The summed E-state index contributed by atoms with van der Waals surface area (Å²) in [6.07, 6.45) is -0.246. The monoisotopic (exact) mass is 234 g/mol. The zero-order valence-corrected chi connectivity index (χ0v) is 9.52. The summed E-state index contributed by atoms with van der Waals surface area (Å²) < 4.78 is 6.48. The third-order valence-electron chi connectivity index (χ3n) is 2.31. The van der Waals surface area contributed by atoms with Crippen LogP contribution in [0.25, 0.3) is 5.69 Å². The Morgan fingerprint density at radius 2 is 2.12 bits per heavy atom. The van der Waals surface area contributed by atoms with Gasteiger partial charge in [-0.05, 0) is 22.6 Å². The minimum Gasteiger partial charge on any atom is -0.390 e. The minimum absolute atomic E-state index is 0.266. The lowest BCUT2D eigenvalue weighted by Crippen LogP contribution is -2.19. The quantitative estimate of drug-likeness (QED) is 0.800. The van der Waals surface area contributed by atoms with Gasteiger partial charge in [0.2, 0.25) is 0 Å². The van der Waals surface area contributed by atoms with Crippen molar-refractivity contribution in [2.75, 3.05) is 13.7 Å². The Balaban J connectivity index is 2.18. The van der Waals surface area contributed by atoms with Crippen molar-refractivity contribution in [1.29, 1.82) is 0 Å². The molecule has 0 radical (unpaired) electrons. The van der Waals surface area contributed by atoms with Crippen LogP contribution in [-0.4, -0.2) is 45.1 Å². The topological polar surface area (TPSA) is 73.1 Å². The van der Waals surface area contributed by atoms with E-state index in [1.54, 1.807) is 11.8 Å². The maximum absolute atomic E-state index is 9.66. The summed E-state index contributed by atoms with van der Waals surface area (Å²) in [5, 5.41) is 21.1.